The first-order chi connectivity index (χ1) is 35.4. The van der Waals surface area contributed by atoms with E-state index in [4.69, 9.17) is 8.83 Å². The number of aryl methyl sites for hydroxylation is 2. The molecule has 0 aliphatic heterocycles. The van der Waals surface area contributed by atoms with E-state index in [1.165, 1.54) is 66.1 Å². The van der Waals surface area contributed by atoms with E-state index in [-0.39, 0.29) is 0 Å². The lowest BCUT2D eigenvalue weighted by Gasteiger charge is -2.32. The molecule has 0 bridgehead atoms. The zero-order valence-corrected chi connectivity index (χ0v) is 40.5. The Balaban J connectivity index is 1.08. The Bertz CT molecular complexity index is 4160. The molecule has 0 amide bonds. The van der Waals surface area contributed by atoms with E-state index in [1.54, 1.807) is 0 Å². The maximum Gasteiger partial charge on any atom is 0.159 e. The van der Waals surface area contributed by atoms with Gasteiger partial charge in [0, 0.05) is 43.7 Å². The topological polar surface area (TPSA) is 32.8 Å². The van der Waals surface area contributed by atoms with Crippen LogP contribution in [0, 0.1) is 27.7 Å². The van der Waals surface area contributed by atoms with Crippen molar-refractivity contribution in [3.05, 3.63) is 241 Å². The van der Waals surface area contributed by atoms with Gasteiger partial charge in [-0.3, -0.25) is 0 Å². The lowest BCUT2D eigenvalue weighted by molar-refractivity contribution is 0.668. The normalized spacial score (nSPS) is 11.9. The largest absolute Gasteiger partial charge is 0.454 e. The fourth-order valence-corrected chi connectivity index (χ4v) is 11.9. The smallest absolute Gasteiger partial charge is 0.159 e. The van der Waals surface area contributed by atoms with E-state index in [0.717, 1.165) is 88.8 Å². The molecule has 2 aromatic heterocycles. The van der Waals surface area contributed by atoms with Crippen LogP contribution in [0.1, 0.15) is 22.3 Å². The number of para-hydroxylation sites is 4. The summed E-state index contributed by atoms with van der Waals surface area (Å²) in [5.41, 5.74) is 19.3. The molecule has 0 radical (unpaired) electrons. The van der Waals surface area contributed by atoms with Crippen molar-refractivity contribution >= 4 is 110 Å². The van der Waals surface area contributed by atoms with E-state index < -0.39 is 0 Å². The van der Waals surface area contributed by atoms with Crippen molar-refractivity contribution in [1.82, 2.24) is 0 Å². The van der Waals surface area contributed by atoms with E-state index >= 15 is 0 Å². The van der Waals surface area contributed by atoms with Crippen LogP contribution in [0.3, 0.4) is 0 Å². The molecule has 4 heteroatoms. The van der Waals surface area contributed by atoms with Gasteiger partial charge in [0.25, 0.3) is 0 Å². The average molecular weight is 925 g/mol. The Morgan fingerprint density at radius 2 is 0.639 bits per heavy atom. The second-order valence-corrected chi connectivity index (χ2v) is 19.3. The number of hydrogen-bond acceptors (Lipinski definition) is 4. The predicted molar refractivity (Wildman–Crippen MR) is 304 cm³/mol. The number of furan rings is 2. The van der Waals surface area contributed by atoms with Crippen molar-refractivity contribution in [3.63, 3.8) is 0 Å². The van der Waals surface area contributed by atoms with E-state index in [9.17, 15) is 0 Å². The minimum atomic E-state index is 0.855. The fraction of sp³-hybridized carbons (Fsp3) is 0.0588. The lowest BCUT2D eigenvalue weighted by Crippen LogP contribution is -2.14. The molecule has 0 unspecified atom stereocenters. The van der Waals surface area contributed by atoms with Crippen molar-refractivity contribution in [3.8, 4) is 22.3 Å². The van der Waals surface area contributed by atoms with Crippen LogP contribution >= 0.6 is 0 Å². The van der Waals surface area contributed by atoms with E-state index in [1.807, 2.05) is 0 Å². The minimum Gasteiger partial charge on any atom is -0.454 e. The summed E-state index contributed by atoms with van der Waals surface area (Å²) in [6, 6.07) is 78.9. The van der Waals surface area contributed by atoms with E-state index in [2.05, 4.69) is 256 Å². The maximum atomic E-state index is 6.90. The zero-order valence-electron chi connectivity index (χ0n) is 40.5. The minimum absolute atomic E-state index is 0.855. The molecule has 0 aliphatic rings. The molecule has 0 spiro atoms. The molecule has 342 valence electrons. The second kappa shape index (κ2) is 16.2. The van der Waals surface area contributed by atoms with Crippen molar-refractivity contribution in [2.75, 3.05) is 9.80 Å². The third-order valence-corrected chi connectivity index (χ3v) is 15.3. The highest BCUT2D eigenvalue weighted by Gasteiger charge is 2.28. The molecule has 14 aromatic rings. The van der Waals surface area contributed by atoms with Crippen LogP contribution in [-0.2, 0) is 0 Å². The lowest BCUT2D eigenvalue weighted by atomic mass is 9.87. The Labute approximate surface area is 417 Å². The second-order valence-electron chi connectivity index (χ2n) is 19.3. The molecule has 0 N–H and O–H groups in total. The van der Waals surface area contributed by atoms with E-state index in [0.29, 0.717) is 0 Å². The number of rotatable bonds is 8. The number of fused-ring (bicyclic) bond motifs is 6. The SMILES string of the molecule is Cc1c(-c2ccccc2)cccc1N(c1cc(C)c2ccc3c(N(c4cccc(-c5ccccc5)c4C)c4cccc5c4oc4ccccc45)cc(C)c4ccc1c2c43)c1cccc2c1oc1ccccc12. The first-order valence-electron chi connectivity index (χ1n) is 24.8. The van der Waals surface area contributed by atoms with Gasteiger partial charge in [0.2, 0.25) is 0 Å². The van der Waals surface area contributed by atoms with Crippen LogP contribution in [0.5, 0.6) is 0 Å². The molecular formula is C68H48N2O2. The zero-order chi connectivity index (χ0) is 48.2. The van der Waals surface area contributed by atoms with Crippen LogP contribution in [0.15, 0.2) is 227 Å². The summed E-state index contributed by atoms with van der Waals surface area (Å²) in [4.78, 5) is 4.93. The van der Waals surface area contributed by atoms with Crippen molar-refractivity contribution < 1.29 is 8.83 Å². The standard InChI is InChI=1S/C68H48N2O2/c1-41-39-61(69(57-29-15-25-49(43(57)3)45-19-7-5-8-20-45)59-31-17-27-53-51-23-11-13-33-63(51)71-67(53)59)55-38-36-48-42(2)40-62(56-37-35-47(41)65(55)66(48)56)70(58-30-16-26-50(44(58)4)46-21-9-6-10-22-46)60-32-18-28-54-52-24-12-14-34-64(52)72-68(54)60/h5-40H,1-4H3. The molecule has 0 saturated carbocycles. The van der Waals surface area contributed by atoms with Gasteiger partial charge in [-0.05, 0) is 142 Å². The Morgan fingerprint density at radius 1 is 0.278 bits per heavy atom. The molecule has 14 rings (SSSR count). The molecule has 0 fully saturated rings. The van der Waals surface area contributed by atoms with Gasteiger partial charge in [0.15, 0.2) is 11.2 Å². The molecule has 72 heavy (non-hydrogen) atoms. The predicted octanol–water partition coefficient (Wildman–Crippen LogP) is 19.9. The molecule has 12 aromatic carbocycles. The summed E-state index contributed by atoms with van der Waals surface area (Å²) < 4.78 is 13.8. The first kappa shape index (κ1) is 41.8. The Kier molecular flexibility index (Phi) is 9.43. The van der Waals surface area contributed by atoms with Gasteiger partial charge in [-0.15, -0.1) is 0 Å². The van der Waals surface area contributed by atoms with Gasteiger partial charge in [-0.25, -0.2) is 0 Å². The van der Waals surface area contributed by atoms with Crippen LogP contribution in [-0.4, -0.2) is 0 Å². The molecule has 0 aliphatic carbocycles. The highest BCUT2D eigenvalue weighted by Crippen LogP contribution is 2.53. The first-order valence-corrected chi connectivity index (χ1v) is 24.8. The van der Waals surface area contributed by atoms with Gasteiger partial charge in [0.1, 0.15) is 11.2 Å². The summed E-state index contributed by atoms with van der Waals surface area (Å²) in [6.45, 7) is 9.05. The Hall–Kier alpha value is -9.12. The summed E-state index contributed by atoms with van der Waals surface area (Å²) in [6.07, 6.45) is 0. The fourth-order valence-electron chi connectivity index (χ4n) is 11.9. The van der Waals surface area contributed by atoms with Gasteiger partial charge in [-0.2, -0.15) is 0 Å². The van der Waals surface area contributed by atoms with Crippen molar-refractivity contribution in [2.45, 2.75) is 27.7 Å². The van der Waals surface area contributed by atoms with Crippen LogP contribution in [0.25, 0.3) is 98.4 Å². The van der Waals surface area contributed by atoms with Crippen molar-refractivity contribution in [1.29, 1.82) is 0 Å². The summed E-state index contributed by atoms with van der Waals surface area (Å²) in [5, 5.41) is 11.6. The molecule has 0 saturated heterocycles. The van der Waals surface area contributed by atoms with Crippen LogP contribution in [0.4, 0.5) is 34.1 Å². The van der Waals surface area contributed by atoms with Crippen LogP contribution < -0.4 is 9.80 Å². The number of anilines is 6. The summed E-state index contributed by atoms with van der Waals surface area (Å²) in [7, 11) is 0. The van der Waals surface area contributed by atoms with Gasteiger partial charge in [-0.1, -0.05) is 170 Å². The molecule has 2 heterocycles. The van der Waals surface area contributed by atoms with Crippen molar-refractivity contribution in [2.24, 2.45) is 0 Å². The monoisotopic (exact) mass is 924 g/mol. The number of hydrogen-bond donors (Lipinski definition) is 0. The van der Waals surface area contributed by atoms with Gasteiger partial charge in [0.05, 0.1) is 22.7 Å². The highest BCUT2D eigenvalue weighted by atomic mass is 16.3. The third kappa shape index (κ3) is 6.25. The quantitative estimate of drug-likeness (QED) is 0.142. The summed E-state index contributed by atoms with van der Waals surface area (Å²) in [5.74, 6) is 0. The van der Waals surface area contributed by atoms with Gasteiger partial charge < -0.3 is 18.6 Å². The Morgan fingerprint density at radius 3 is 1.08 bits per heavy atom. The summed E-state index contributed by atoms with van der Waals surface area (Å²) >= 11 is 0. The highest BCUT2D eigenvalue weighted by molar-refractivity contribution is 6.30. The molecule has 0 atom stereocenters. The average Bonchev–Trinajstić information content (AvgIpc) is 4.01. The third-order valence-electron chi connectivity index (χ3n) is 15.3. The molecular weight excluding hydrogens is 877 g/mol. The number of benzene rings is 12. The van der Waals surface area contributed by atoms with Crippen LogP contribution in [0.2, 0.25) is 0 Å². The molecule has 4 nitrogen and oxygen atoms in total. The number of nitrogens with zero attached hydrogens (tertiary/aromatic N) is 2. The van der Waals surface area contributed by atoms with Gasteiger partial charge >= 0.3 is 0 Å². The maximum absolute atomic E-state index is 6.90.